The fraction of sp³-hybridized carbons (Fsp3) is 0.231. The number of anilines is 1. The first-order chi connectivity index (χ1) is 9.24. The van der Waals surface area contributed by atoms with Crippen molar-refractivity contribution in [1.82, 2.24) is 4.98 Å². The van der Waals surface area contributed by atoms with E-state index in [9.17, 15) is 9.18 Å². The molecule has 1 amide bonds. The lowest BCUT2D eigenvalue weighted by molar-refractivity contribution is -0.116. The molecule has 0 atom stereocenters. The Hall–Kier alpha value is -1.95. The standard InChI is InChI=1S/C13H13FN2O2S/c14-10-3-1-4-11(9-10)18-7-2-5-12(17)16-13-15-6-8-19-13/h1,3-4,6,8-9H,2,5,7H2,(H,15,16,17). The summed E-state index contributed by atoms with van der Waals surface area (Å²) in [5.41, 5.74) is 0. The molecule has 2 aromatic rings. The van der Waals surface area contributed by atoms with Gasteiger partial charge in [-0.15, -0.1) is 11.3 Å². The Morgan fingerprint density at radius 1 is 1.47 bits per heavy atom. The van der Waals surface area contributed by atoms with Gasteiger partial charge in [0.1, 0.15) is 11.6 Å². The first-order valence-corrected chi connectivity index (χ1v) is 6.70. The van der Waals surface area contributed by atoms with E-state index in [-0.39, 0.29) is 11.7 Å². The van der Waals surface area contributed by atoms with E-state index in [2.05, 4.69) is 10.3 Å². The van der Waals surface area contributed by atoms with Gasteiger partial charge in [-0.05, 0) is 18.6 Å². The lowest BCUT2D eigenvalue weighted by atomic mass is 10.3. The minimum atomic E-state index is -0.334. The van der Waals surface area contributed by atoms with Gasteiger partial charge < -0.3 is 10.1 Å². The highest BCUT2D eigenvalue weighted by molar-refractivity contribution is 7.13. The molecule has 1 heterocycles. The quantitative estimate of drug-likeness (QED) is 0.827. The molecule has 0 unspecified atom stereocenters. The number of carbonyl (C=O) groups is 1. The van der Waals surface area contributed by atoms with Crippen molar-refractivity contribution in [2.45, 2.75) is 12.8 Å². The lowest BCUT2D eigenvalue weighted by Gasteiger charge is -2.05. The zero-order valence-corrected chi connectivity index (χ0v) is 11.0. The SMILES string of the molecule is O=C(CCCOc1cccc(F)c1)Nc1nccs1. The van der Waals surface area contributed by atoms with Gasteiger partial charge in [0.05, 0.1) is 6.61 Å². The van der Waals surface area contributed by atoms with E-state index in [1.54, 1.807) is 23.7 Å². The third-order valence-corrected chi connectivity index (χ3v) is 2.98. The normalized spacial score (nSPS) is 10.2. The van der Waals surface area contributed by atoms with E-state index in [0.717, 1.165) is 0 Å². The topological polar surface area (TPSA) is 51.2 Å². The van der Waals surface area contributed by atoms with Gasteiger partial charge >= 0.3 is 0 Å². The number of nitrogens with zero attached hydrogens (tertiary/aromatic N) is 1. The van der Waals surface area contributed by atoms with Crippen molar-refractivity contribution in [3.8, 4) is 5.75 Å². The van der Waals surface area contributed by atoms with Crippen LogP contribution in [-0.4, -0.2) is 17.5 Å². The summed E-state index contributed by atoms with van der Waals surface area (Å²) >= 11 is 1.37. The maximum Gasteiger partial charge on any atom is 0.226 e. The van der Waals surface area contributed by atoms with Crippen molar-refractivity contribution < 1.29 is 13.9 Å². The molecule has 19 heavy (non-hydrogen) atoms. The predicted molar refractivity (Wildman–Crippen MR) is 71.9 cm³/mol. The third kappa shape index (κ3) is 4.67. The largest absolute Gasteiger partial charge is 0.493 e. The summed E-state index contributed by atoms with van der Waals surface area (Å²) < 4.78 is 18.2. The molecule has 0 fully saturated rings. The molecular formula is C13H13FN2O2S. The highest BCUT2D eigenvalue weighted by Crippen LogP contribution is 2.13. The predicted octanol–water partition coefficient (Wildman–Crippen LogP) is 3.08. The molecule has 100 valence electrons. The highest BCUT2D eigenvalue weighted by atomic mass is 32.1. The van der Waals surface area contributed by atoms with Gasteiger partial charge in [-0.2, -0.15) is 0 Å². The monoisotopic (exact) mass is 280 g/mol. The van der Waals surface area contributed by atoms with E-state index in [4.69, 9.17) is 4.74 Å². The lowest BCUT2D eigenvalue weighted by Crippen LogP contribution is -2.12. The molecule has 0 radical (unpaired) electrons. The zero-order valence-electron chi connectivity index (χ0n) is 10.1. The molecule has 0 saturated heterocycles. The third-order valence-electron chi connectivity index (χ3n) is 2.29. The number of benzene rings is 1. The van der Waals surface area contributed by atoms with Crippen LogP contribution in [0.4, 0.5) is 9.52 Å². The maximum atomic E-state index is 12.9. The van der Waals surface area contributed by atoms with E-state index in [1.165, 1.54) is 23.5 Å². The first kappa shape index (κ1) is 13.5. The molecule has 0 aliphatic carbocycles. The van der Waals surface area contributed by atoms with Crippen LogP contribution in [0.2, 0.25) is 0 Å². The van der Waals surface area contributed by atoms with Crippen LogP contribution in [0.3, 0.4) is 0 Å². The summed E-state index contributed by atoms with van der Waals surface area (Å²) in [5.74, 6) is 0.0390. The van der Waals surface area contributed by atoms with E-state index >= 15 is 0 Å². The van der Waals surface area contributed by atoms with Gasteiger partial charge in [-0.3, -0.25) is 4.79 Å². The Balaban J connectivity index is 1.65. The molecule has 4 nitrogen and oxygen atoms in total. The Labute approximate surface area is 114 Å². The van der Waals surface area contributed by atoms with Crippen molar-refractivity contribution in [1.29, 1.82) is 0 Å². The number of carbonyl (C=O) groups excluding carboxylic acids is 1. The van der Waals surface area contributed by atoms with E-state index in [0.29, 0.717) is 30.3 Å². The van der Waals surface area contributed by atoms with E-state index in [1.807, 2.05) is 0 Å². The number of hydrogen-bond donors (Lipinski definition) is 1. The van der Waals surface area contributed by atoms with Gasteiger partial charge in [0.25, 0.3) is 0 Å². The number of aromatic nitrogens is 1. The fourth-order valence-electron chi connectivity index (χ4n) is 1.45. The summed E-state index contributed by atoms with van der Waals surface area (Å²) in [4.78, 5) is 15.5. The fourth-order valence-corrected chi connectivity index (χ4v) is 1.99. The molecule has 1 aromatic heterocycles. The Kier molecular flexibility index (Phi) is 4.85. The van der Waals surface area contributed by atoms with Gasteiger partial charge in [-0.1, -0.05) is 6.07 Å². The number of thiazole rings is 1. The second-order valence-corrected chi connectivity index (χ2v) is 4.69. The number of hydrogen-bond acceptors (Lipinski definition) is 4. The van der Waals surface area contributed by atoms with Crippen molar-refractivity contribution in [3.63, 3.8) is 0 Å². The molecule has 6 heteroatoms. The molecule has 0 aliphatic rings. The summed E-state index contributed by atoms with van der Waals surface area (Å²) in [5, 5.41) is 5.07. The Bertz CT molecular complexity index is 531. The van der Waals surface area contributed by atoms with Crippen LogP contribution in [-0.2, 0) is 4.79 Å². The van der Waals surface area contributed by atoms with Gasteiger partial charge in [0.2, 0.25) is 5.91 Å². The number of halogens is 1. The summed E-state index contributed by atoms with van der Waals surface area (Å²) in [6, 6.07) is 5.93. The zero-order chi connectivity index (χ0) is 13.5. The molecule has 2 rings (SSSR count). The average molecular weight is 280 g/mol. The number of ether oxygens (including phenoxy) is 1. The Morgan fingerprint density at radius 3 is 3.11 bits per heavy atom. The van der Waals surface area contributed by atoms with Crippen LogP contribution in [0.5, 0.6) is 5.75 Å². The Morgan fingerprint density at radius 2 is 2.37 bits per heavy atom. The number of nitrogens with one attached hydrogen (secondary N) is 1. The molecule has 0 saturated carbocycles. The smallest absolute Gasteiger partial charge is 0.226 e. The summed E-state index contributed by atoms with van der Waals surface area (Å²) in [6.45, 7) is 0.370. The second-order valence-electron chi connectivity index (χ2n) is 3.79. The van der Waals surface area contributed by atoms with Crippen LogP contribution in [0.1, 0.15) is 12.8 Å². The summed E-state index contributed by atoms with van der Waals surface area (Å²) in [6.07, 6.45) is 2.54. The first-order valence-electron chi connectivity index (χ1n) is 5.82. The molecule has 0 bridgehead atoms. The van der Waals surface area contributed by atoms with Crippen molar-refractivity contribution in [2.75, 3.05) is 11.9 Å². The minimum absolute atomic E-state index is 0.0993. The minimum Gasteiger partial charge on any atom is -0.493 e. The summed E-state index contributed by atoms with van der Waals surface area (Å²) in [7, 11) is 0. The maximum absolute atomic E-state index is 12.9. The van der Waals surface area contributed by atoms with Gasteiger partial charge in [-0.25, -0.2) is 9.37 Å². The molecule has 0 aliphatic heterocycles. The second kappa shape index (κ2) is 6.84. The number of rotatable bonds is 6. The van der Waals surface area contributed by atoms with Crippen LogP contribution in [0, 0.1) is 5.82 Å². The van der Waals surface area contributed by atoms with Gasteiger partial charge in [0.15, 0.2) is 5.13 Å². The molecule has 1 aromatic carbocycles. The molecule has 1 N–H and O–H groups in total. The number of amides is 1. The van der Waals surface area contributed by atoms with Crippen molar-refractivity contribution in [2.24, 2.45) is 0 Å². The van der Waals surface area contributed by atoms with Crippen LogP contribution in [0.15, 0.2) is 35.8 Å². The van der Waals surface area contributed by atoms with Crippen LogP contribution < -0.4 is 10.1 Å². The average Bonchev–Trinajstić information content (AvgIpc) is 2.87. The molecular weight excluding hydrogens is 267 g/mol. The molecule has 0 spiro atoms. The highest BCUT2D eigenvalue weighted by Gasteiger charge is 2.04. The van der Waals surface area contributed by atoms with Crippen LogP contribution in [0.25, 0.3) is 0 Å². The van der Waals surface area contributed by atoms with Gasteiger partial charge in [0, 0.05) is 24.1 Å². The van der Waals surface area contributed by atoms with Crippen molar-refractivity contribution >= 4 is 22.4 Å². The van der Waals surface area contributed by atoms with Crippen molar-refractivity contribution in [3.05, 3.63) is 41.7 Å². The van der Waals surface area contributed by atoms with Crippen LogP contribution >= 0.6 is 11.3 Å². The van der Waals surface area contributed by atoms with E-state index < -0.39 is 0 Å².